The van der Waals surface area contributed by atoms with Crippen molar-refractivity contribution in [2.45, 2.75) is 39.5 Å². The molecule has 0 aliphatic carbocycles. The predicted octanol–water partition coefficient (Wildman–Crippen LogP) is 3.57. The van der Waals surface area contributed by atoms with Crippen molar-refractivity contribution in [3.05, 3.63) is 18.2 Å². The highest BCUT2D eigenvalue weighted by Gasteiger charge is 2.18. The summed E-state index contributed by atoms with van der Waals surface area (Å²) in [5.74, 6) is 1.62. The maximum Gasteiger partial charge on any atom is 0.231 e. The van der Waals surface area contributed by atoms with Crippen LogP contribution >= 0.6 is 0 Å². The minimum Gasteiger partial charge on any atom is -0.454 e. The van der Waals surface area contributed by atoms with Gasteiger partial charge in [-0.25, -0.2) is 0 Å². The molecule has 1 heterocycles. The normalized spacial score (nSPS) is 12.8. The Labute approximate surface area is 114 Å². The Morgan fingerprint density at radius 1 is 1.21 bits per heavy atom. The molecule has 4 nitrogen and oxygen atoms in total. The van der Waals surface area contributed by atoms with Crippen LogP contribution in [0.15, 0.2) is 18.2 Å². The number of nitrogens with one attached hydrogen (secondary N) is 1. The Bertz CT molecular complexity index is 439. The van der Waals surface area contributed by atoms with Crippen LogP contribution in [0.1, 0.15) is 39.5 Å². The molecule has 0 atom stereocenters. The minimum absolute atomic E-state index is 0.0976. The zero-order chi connectivity index (χ0) is 13.7. The molecule has 0 spiro atoms. The van der Waals surface area contributed by atoms with Crippen LogP contribution in [-0.4, -0.2) is 12.7 Å². The summed E-state index contributed by atoms with van der Waals surface area (Å²) in [5.41, 5.74) is 0.770. The highest BCUT2D eigenvalue weighted by atomic mass is 16.7. The van der Waals surface area contributed by atoms with E-state index in [-0.39, 0.29) is 18.6 Å². The molecule has 0 unspecified atom stereocenters. The first-order valence-electron chi connectivity index (χ1n) is 6.95. The fraction of sp³-hybridized carbons (Fsp3) is 0.533. The van der Waals surface area contributed by atoms with Crippen LogP contribution in [0.3, 0.4) is 0 Å². The van der Waals surface area contributed by atoms with Gasteiger partial charge in [-0.1, -0.05) is 26.7 Å². The van der Waals surface area contributed by atoms with Crippen molar-refractivity contribution in [3.63, 3.8) is 0 Å². The number of carbonyl (C=O) groups excluding carboxylic acids is 1. The molecular formula is C15H21NO3. The molecule has 0 saturated heterocycles. The highest BCUT2D eigenvalue weighted by molar-refractivity contribution is 5.92. The fourth-order valence-corrected chi connectivity index (χ4v) is 2.32. The fourth-order valence-electron chi connectivity index (χ4n) is 2.32. The molecule has 0 bridgehead atoms. The van der Waals surface area contributed by atoms with Crippen LogP contribution in [-0.2, 0) is 4.79 Å². The van der Waals surface area contributed by atoms with Crippen LogP contribution in [0.2, 0.25) is 0 Å². The summed E-state index contributed by atoms with van der Waals surface area (Å²) in [4.78, 5) is 12.2. The van der Waals surface area contributed by atoms with E-state index in [0.717, 1.165) is 37.1 Å². The van der Waals surface area contributed by atoms with E-state index < -0.39 is 0 Å². The SMILES string of the molecule is CCCC(CCC)C(=O)Nc1ccc2c(c1)OCO2. The second-order valence-corrected chi connectivity index (χ2v) is 4.83. The van der Waals surface area contributed by atoms with E-state index in [1.807, 2.05) is 18.2 Å². The van der Waals surface area contributed by atoms with Crippen molar-refractivity contribution in [3.8, 4) is 11.5 Å². The maximum absolute atomic E-state index is 12.2. The third kappa shape index (κ3) is 3.40. The van der Waals surface area contributed by atoms with Gasteiger partial charge in [0.05, 0.1) is 0 Å². The lowest BCUT2D eigenvalue weighted by molar-refractivity contribution is -0.120. The minimum atomic E-state index is 0.0976. The summed E-state index contributed by atoms with van der Waals surface area (Å²) in [6.07, 6.45) is 3.92. The second kappa shape index (κ2) is 6.45. The standard InChI is InChI=1S/C15H21NO3/c1-3-5-11(6-4-2)15(17)16-12-7-8-13-14(9-12)19-10-18-13/h7-9,11H,3-6,10H2,1-2H3,(H,16,17). The van der Waals surface area contributed by atoms with E-state index >= 15 is 0 Å². The molecule has 2 rings (SSSR count). The lowest BCUT2D eigenvalue weighted by Crippen LogP contribution is -2.22. The van der Waals surface area contributed by atoms with E-state index in [0.29, 0.717) is 5.75 Å². The number of amides is 1. The van der Waals surface area contributed by atoms with Crippen LogP contribution in [0.4, 0.5) is 5.69 Å². The van der Waals surface area contributed by atoms with Gasteiger partial charge in [-0.3, -0.25) is 4.79 Å². The van der Waals surface area contributed by atoms with Crippen LogP contribution in [0, 0.1) is 5.92 Å². The number of hydrogen-bond acceptors (Lipinski definition) is 3. The largest absolute Gasteiger partial charge is 0.454 e. The van der Waals surface area contributed by atoms with Gasteiger partial charge in [0.2, 0.25) is 12.7 Å². The van der Waals surface area contributed by atoms with Gasteiger partial charge in [-0.05, 0) is 25.0 Å². The highest BCUT2D eigenvalue weighted by Crippen LogP contribution is 2.34. The van der Waals surface area contributed by atoms with Gasteiger partial charge in [0, 0.05) is 17.7 Å². The van der Waals surface area contributed by atoms with Crippen molar-refractivity contribution < 1.29 is 14.3 Å². The zero-order valence-electron chi connectivity index (χ0n) is 11.6. The topological polar surface area (TPSA) is 47.6 Å². The van der Waals surface area contributed by atoms with E-state index in [1.165, 1.54) is 0 Å². The quantitative estimate of drug-likeness (QED) is 0.853. The number of anilines is 1. The molecule has 19 heavy (non-hydrogen) atoms. The average Bonchev–Trinajstić information content (AvgIpc) is 2.86. The van der Waals surface area contributed by atoms with Crippen molar-refractivity contribution in [2.75, 3.05) is 12.1 Å². The van der Waals surface area contributed by atoms with E-state index in [9.17, 15) is 4.79 Å². The summed E-state index contributed by atoms with van der Waals surface area (Å²) < 4.78 is 10.6. The molecule has 0 radical (unpaired) electrons. The van der Waals surface area contributed by atoms with Crippen molar-refractivity contribution in [1.29, 1.82) is 0 Å². The van der Waals surface area contributed by atoms with Crippen LogP contribution in [0.5, 0.6) is 11.5 Å². The van der Waals surface area contributed by atoms with E-state index in [4.69, 9.17) is 9.47 Å². The molecule has 0 aromatic heterocycles. The predicted molar refractivity (Wildman–Crippen MR) is 74.5 cm³/mol. The number of fused-ring (bicyclic) bond motifs is 1. The average molecular weight is 263 g/mol. The second-order valence-electron chi connectivity index (χ2n) is 4.83. The van der Waals surface area contributed by atoms with Gasteiger partial charge >= 0.3 is 0 Å². The zero-order valence-corrected chi connectivity index (χ0v) is 11.6. The van der Waals surface area contributed by atoms with E-state index in [2.05, 4.69) is 19.2 Å². The van der Waals surface area contributed by atoms with Crippen LogP contribution < -0.4 is 14.8 Å². The lowest BCUT2D eigenvalue weighted by atomic mass is 9.97. The molecule has 1 aliphatic rings. The van der Waals surface area contributed by atoms with Gasteiger partial charge in [0.1, 0.15) is 0 Å². The third-order valence-corrected chi connectivity index (χ3v) is 3.29. The Morgan fingerprint density at radius 3 is 2.58 bits per heavy atom. The van der Waals surface area contributed by atoms with E-state index in [1.54, 1.807) is 0 Å². The molecule has 4 heteroatoms. The molecule has 1 amide bonds. The molecule has 1 aromatic rings. The third-order valence-electron chi connectivity index (χ3n) is 3.29. The first kappa shape index (κ1) is 13.7. The summed E-state index contributed by atoms with van der Waals surface area (Å²) >= 11 is 0. The first-order chi connectivity index (χ1) is 9.24. The number of ether oxygens (including phenoxy) is 2. The number of benzene rings is 1. The number of carbonyl (C=O) groups is 1. The monoisotopic (exact) mass is 263 g/mol. The molecular weight excluding hydrogens is 242 g/mol. The maximum atomic E-state index is 12.2. The molecule has 1 aromatic carbocycles. The number of hydrogen-bond donors (Lipinski definition) is 1. The van der Waals surface area contributed by atoms with Gasteiger partial charge in [0.25, 0.3) is 0 Å². The summed E-state index contributed by atoms with van der Waals surface area (Å²) in [6.45, 7) is 4.47. The lowest BCUT2D eigenvalue weighted by Gasteiger charge is -2.15. The van der Waals surface area contributed by atoms with Gasteiger partial charge in [-0.15, -0.1) is 0 Å². The summed E-state index contributed by atoms with van der Waals surface area (Å²) in [6, 6.07) is 5.49. The Balaban J connectivity index is 2.01. The van der Waals surface area contributed by atoms with Gasteiger partial charge in [-0.2, -0.15) is 0 Å². The molecule has 1 N–H and O–H groups in total. The van der Waals surface area contributed by atoms with Crippen LogP contribution in [0.25, 0.3) is 0 Å². The molecule has 104 valence electrons. The Hall–Kier alpha value is -1.71. The van der Waals surface area contributed by atoms with Crippen molar-refractivity contribution >= 4 is 11.6 Å². The molecule has 0 saturated carbocycles. The molecule has 0 fully saturated rings. The Morgan fingerprint density at radius 2 is 1.89 bits per heavy atom. The first-order valence-corrected chi connectivity index (χ1v) is 6.95. The summed E-state index contributed by atoms with van der Waals surface area (Å²) in [7, 11) is 0. The molecule has 1 aliphatic heterocycles. The number of rotatable bonds is 6. The van der Waals surface area contributed by atoms with Gasteiger partial charge in [0.15, 0.2) is 11.5 Å². The smallest absolute Gasteiger partial charge is 0.231 e. The summed E-state index contributed by atoms with van der Waals surface area (Å²) in [5, 5.41) is 2.97. The van der Waals surface area contributed by atoms with Crippen molar-refractivity contribution in [2.24, 2.45) is 5.92 Å². The van der Waals surface area contributed by atoms with Gasteiger partial charge < -0.3 is 14.8 Å². The Kier molecular flexibility index (Phi) is 4.66. The van der Waals surface area contributed by atoms with Crippen molar-refractivity contribution in [1.82, 2.24) is 0 Å².